The van der Waals surface area contributed by atoms with Gasteiger partial charge in [-0.15, -0.1) is 0 Å². The Labute approximate surface area is 123 Å². The first-order valence-corrected chi connectivity index (χ1v) is 7.03. The maximum atomic E-state index is 13.7. The normalized spacial score (nSPS) is 17.3. The van der Waals surface area contributed by atoms with Gasteiger partial charge in [-0.3, -0.25) is 4.79 Å². The van der Waals surface area contributed by atoms with E-state index in [-0.39, 0.29) is 24.3 Å². The molecule has 21 heavy (non-hydrogen) atoms. The predicted octanol–water partition coefficient (Wildman–Crippen LogP) is 1.55. The van der Waals surface area contributed by atoms with Gasteiger partial charge in [-0.05, 0) is 37.5 Å². The molecule has 5 nitrogen and oxygen atoms in total. The van der Waals surface area contributed by atoms with Gasteiger partial charge in [0.1, 0.15) is 0 Å². The summed E-state index contributed by atoms with van der Waals surface area (Å²) in [6, 6.07) is 4.28. The lowest BCUT2D eigenvalue weighted by atomic mass is 10.1. The summed E-state index contributed by atoms with van der Waals surface area (Å²) in [5.41, 5.74) is 0.464. The van der Waals surface area contributed by atoms with E-state index in [0.29, 0.717) is 18.8 Å². The van der Waals surface area contributed by atoms with Gasteiger partial charge in [0.2, 0.25) is 0 Å². The monoisotopic (exact) mass is 297 g/mol. The number of benzene rings is 1. The number of rotatable bonds is 5. The summed E-state index contributed by atoms with van der Waals surface area (Å²) in [6.07, 6.45) is 0.817. The second-order valence-corrected chi connectivity index (χ2v) is 5.11. The van der Waals surface area contributed by atoms with Crippen molar-refractivity contribution in [3.63, 3.8) is 0 Å². The summed E-state index contributed by atoms with van der Waals surface area (Å²) in [5.74, 6) is -0.866. The van der Waals surface area contributed by atoms with E-state index in [0.717, 1.165) is 12.8 Å². The van der Waals surface area contributed by atoms with Gasteiger partial charge in [-0.1, -0.05) is 6.07 Å². The second kappa shape index (κ2) is 7.38. The Kier molecular flexibility index (Phi) is 5.52. The minimum absolute atomic E-state index is 0.00141. The molecule has 1 fully saturated rings. The zero-order valence-electron chi connectivity index (χ0n) is 12.0. The first-order chi connectivity index (χ1) is 10.1. The number of aliphatic hydroxyl groups is 1. The summed E-state index contributed by atoms with van der Waals surface area (Å²) in [5, 5.41) is 12.2. The van der Waals surface area contributed by atoms with Crippen molar-refractivity contribution in [1.82, 2.24) is 5.32 Å². The standard InChI is InChI=1S/C15H20FNO4/c1-10(18)11-2-3-14(13(16)8-11)21-9-15(19)17-12-4-6-20-7-5-12/h2-3,8,10,12,18H,4-7,9H2,1H3,(H,17,19). The molecule has 0 saturated carbocycles. The minimum atomic E-state index is -0.745. The highest BCUT2D eigenvalue weighted by atomic mass is 19.1. The number of halogens is 1. The molecular weight excluding hydrogens is 277 g/mol. The molecular formula is C15H20FNO4. The van der Waals surface area contributed by atoms with Crippen LogP contribution in [0.3, 0.4) is 0 Å². The fourth-order valence-electron chi connectivity index (χ4n) is 2.15. The lowest BCUT2D eigenvalue weighted by molar-refractivity contribution is -0.124. The van der Waals surface area contributed by atoms with Crippen molar-refractivity contribution < 1.29 is 23.8 Å². The second-order valence-electron chi connectivity index (χ2n) is 5.11. The highest BCUT2D eigenvalue weighted by molar-refractivity contribution is 5.77. The summed E-state index contributed by atoms with van der Waals surface area (Å²) in [4.78, 5) is 11.7. The summed E-state index contributed by atoms with van der Waals surface area (Å²) in [7, 11) is 0. The van der Waals surface area contributed by atoms with Crippen LogP contribution in [0.5, 0.6) is 5.75 Å². The van der Waals surface area contributed by atoms with Crippen molar-refractivity contribution in [2.45, 2.75) is 31.9 Å². The van der Waals surface area contributed by atoms with Gasteiger partial charge in [0.05, 0.1) is 6.10 Å². The van der Waals surface area contributed by atoms with Crippen molar-refractivity contribution in [3.05, 3.63) is 29.6 Å². The third-order valence-corrected chi connectivity index (χ3v) is 3.38. The lowest BCUT2D eigenvalue weighted by Crippen LogP contribution is -2.41. The van der Waals surface area contributed by atoms with E-state index in [1.165, 1.54) is 12.1 Å². The highest BCUT2D eigenvalue weighted by Crippen LogP contribution is 2.21. The van der Waals surface area contributed by atoms with Crippen LogP contribution in [0.25, 0.3) is 0 Å². The zero-order chi connectivity index (χ0) is 15.2. The molecule has 1 aromatic carbocycles. The largest absolute Gasteiger partial charge is 0.481 e. The molecule has 0 aromatic heterocycles. The van der Waals surface area contributed by atoms with Gasteiger partial charge in [0.25, 0.3) is 5.91 Å². The van der Waals surface area contributed by atoms with Gasteiger partial charge >= 0.3 is 0 Å². The van der Waals surface area contributed by atoms with Gasteiger partial charge in [-0.25, -0.2) is 4.39 Å². The highest BCUT2D eigenvalue weighted by Gasteiger charge is 2.16. The van der Waals surface area contributed by atoms with Crippen molar-refractivity contribution in [2.24, 2.45) is 0 Å². The molecule has 2 N–H and O–H groups in total. The quantitative estimate of drug-likeness (QED) is 0.865. The molecule has 1 aliphatic rings. The number of hydrogen-bond acceptors (Lipinski definition) is 4. The fourth-order valence-corrected chi connectivity index (χ4v) is 2.15. The van der Waals surface area contributed by atoms with Gasteiger partial charge in [0.15, 0.2) is 18.2 Å². The van der Waals surface area contributed by atoms with Crippen LogP contribution >= 0.6 is 0 Å². The topological polar surface area (TPSA) is 67.8 Å². The molecule has 116 valence electrons. The van der Waals surface area contributed by atoms with Crippen LogP contribution in [0, 0.1) is 5.82 Å². The molecule has 1 amide bonds. The maximum Gasteiger partial charge on any atom is 0.258 e. The van der Waals surface area contributed by atoms with Crippen LogP contribution in [-0.2, 0) is 9.53 Å². The number of nitrogens with one attached hydrogen (secondary N) is 1. The lowest BCUT2D eigenvalue weighted by Gasteiger charge is -2.23. The molecule has 6 heteroatoms. The molecule has 1 heterocycles. The molecule has 0 radical (unpaired) electrons. The third-order valence-electron chi connectivity index (χ3n) is 3.38. The molecule has 2 rings (SSSR count). The minimum Gasteiger partial charge on any atom is -0.481 e. The molecule has 1 unspecified atom stereocenters. The predicted molar refractivity (Wildman–Crippen MR) is 74.5 cm³/mol. The van der Waals surface area contributed by atoms with Crippen LogP contribution in [0.15, 0.2) is 18.2 Å². The van der Waals surface area contributed by atoms with E-state index in [4.69, 9.17) is 9.47 Å². The van der Waals surface area contributed by atoms with Crippen molar-refractivity contribution >= 4 is 5.91 Å². The Bertz CT molecular complexity index is 487. The Morgan fingerprint density at radius 2 is 2.24 bits per heavy atom. The Balaban J connectivity index is 1.83. The SMILES string of the molecule is CC(O)c1ccc(OCC(=O)NC2CCOCC2)c(F)c1. The Morgan fingerprint density at radius 1 is 1.52 bits per heavy atom. The van der Waals surface area contributed by atoms with Crippen LogP contribution < -0.4 is 10.1 Å². The summed E-state index contributed by atoms with van der Waals surface area (Å²) in [6.45, 7) is 2.60. The summed E-state index contributed by atoms with van der Waals surface area (Å²) < 4.78 is 24.1. The molecule has 0 aliphatic carbocycles. The van der Waals surface area contributed by atoms with E-state index in [1.807, 2.05) is 0 Å². The molecule has 1 aliphatic heterocycles. The smallest absolute Gasteiger partial charge is 0.258 e. The molecule has 1 saturated heterocycles. The van der Waals surface area contributed by atoms with Crippen LogP contribution in [0.2, 0.25) is 0 Å². The van der Waals surface area contributed by atoms with E-state index < -0.39 is 11.9 Å². The third kappa shape index (κ3) is 4.68. The fraction of sp³-hybridized carbons (Fsp3) is 0.533. The van der Waals surface area contributed by atoms with E-state index in [9.17, 15) is 14.3 Å². The van der Waals surface area contributed by atoms with Crippen LogP contribution in [0.4, 0.5) is 4.39 Å². The van der Waals surface area contributed by atoms with Crippen molar-refractivity contribution in [3.8, 4) is 5.75 Å². The first kappa shape index (κ1) is 15.7. The van der Waals surface area contributed by atoms with Gasteiger partial charge in [-0.2, -0.15) is 0 Å². The van der Waals surface area contributed by atoms with E-state index in [2.05, 4.69) is 5.32 Å². The van der Waals surface area contributed by atoms with Crippen molar-refractivity contribution in [1.29, 1.82) is 0 Å². The summed E-state index contributed by atoms with van der Waals surface area (Å²) >= 11 is 0. The number of hydrogen-bond donors (Lipinski definition) is 2. The molecule has 1 atom stereocenters. The van der Waals surface area contributed by atoms with Gasteiger partial charge in [0, 0.05) is 19.3 Å². The van der Waals surface area contributed by atoms with Gasteiger partial charge < -0.3 is 19.9 Å². The number of aliphatic hydroxyl groups excluding tert-OH is 1. The first-order valence-electron chi connectivity index (χ1n) is 7.03. The van der Waals surface area contributed by atoms with Crippen molar-refractivity contribution in [2.75, 3.05) is 19.8 Å². The Morgan fingerprint density at radius 3 is 2.86 bits per heavy atom. The number of carbonyl (C=O) groups is 1. The number of ether oxygens (including phenoxy) is 2. The molecule has 0 spiro atoms. The number of carbonyl (C=O) groups excluding carboxylic acids is 1. The average molecular weight is 297 g/mol. The molecule has 0 bridgehead atoms. The van der Waals surface area contributed by atoms with Crippen LogP contribution in [0.1, 0.15) is 31.4 Å². The number of amides is 1. The van der Waals surface area contributed by atoms with E-state index in [1.54, 1.807) is 13.0 Å². The van der Waals surface area contributed by atoms with E-state index >= 15 is 0 Å². The Hall–Kier alpha value is -1.66. The maximum absolute atomic E-state index is 13.7. The zero-order valence-corrected chi connectivity index (χ0v) is 12.0. The molecule has 1 aromatic rings. The van der Waals surface area contributed by atoms with Crippen LogP contribution in [-0.4, -0.2) is 36.9 Å². The average Bonchev–Trinajstić information content (AvgIpc) is 2.47.